The van der Waals surface area contributed by atoms with Gasteiger partial charge in [-0.3, -0.25) is 0 Å². The first-order valence-corrected chi connectivity index (χ1v) is 6.29. The van der Waals surface area contributed by atoms with Crippen molar-refractivity contribution in [3.8, 4) is 0 Å². The quantitative estimate of drug-likeness (QED) is 0.714. The Morgan fingerprint density at radius 2 is 1.56 bits per heavy atom. The molecule has 0 amide bonds. The second-order valence-electron chi connectivity index (χ2n) is 4.12. The molecular weight excluding hydrogens is 212 g/mol. The molecule has 0 aromatic heterocycles. The van der Waals surface area contributed by atoms with Crippen molar-refractivity contribution in [2.45, 2.75) is 30.6 Å². The van der Waals surface area contributed by atoms with Crippen LogP contribution in [0, 0.1) is 20.8 Å². The molecule has 0 aliphatic carbocycles. The van der Waals surface area contributed by atoms with Crippen LogP contribution in [0.4, 0.5) is 0 Å². The van der Waals surface area contributed by atoms with Crippen molar-refractivity contribution in [2.24, 2.45) is 0 Å². The summed E-state index contributed by atoms with van der Waals surface area (Å²) in [7, 11) is 0. The molecule has 1 heteroatoms. The molecule has 2 aromatic carbocycles. The van der Waals surface area contributed by atoms with Gasteiger partial charge in [0.1, 0.15) is 0 Å². The van der Waals surface area contributed by atoms with E-state index in [1.807, 2.05) is 11.8 Å². The molecule has 2 rings (SSSR count). The summed E-state index contributed by atoms with van der Waals surface area (Å²) in [5.74, 6) is 0. The molecule has 2 aromatic rings. The lowest BCUT2D eigenvalue weighted by Gasteiger charge is -2.09. The van der Waals surface area contributed by atoms with Gasteiger partial charge in [-0.15, -0.1) is 0 Å². The van der Waals surface area contributed by atoms with Crippen molar-refractivity contribution < 1.29 is 0 Å². The van der Waals surface area contributed by atoms with Crippen LogP contribution in [0.1, 0.15) is 16.7 Å². The molecule has 0 atom stereocenters. The highest BCUT2D eigenvalue weighted by atomic mass is 32.2. The van der Waals surface area contributed by atoms with Gasteiger partial charge in [0, 0.05) is 9.79 Å². The van der Waals surface area contributed by atoms with E-state index in [-0.39, 0.29) is 0 Å². The molecule has 0 saturated carbocycles. The average molecular weight is 228 g/mol. The van der Waals surface area contributed by atoms with E-state index in [4.69, 9.17) is 0 Å². The van der Waals surface area contributed by atoms with Gasteiger partial charge in [0.05, 0.1) is 0 Å². The van der Waals surface area contributed by atoms with Gasteiger partial charge in [-0.25, -0.2) is 0 Å². The van der Waals surface area contributed by atoms with E-state index < -0.39 is 0 Å². The summed E-state index contributed by atoms with van der Waals surface area (Å²) < 4.78 is 0. The summed E-state index contributed by atoms with van der Waals surface area (Å²) >= 11 is 1.84. The molecule has 0 nitrogen and oxygen atoms in total. The Kier molecular flexibility index (Phi) is 3.35. The third kappa shape index (κ3) is 2.48. The predicted molar refractivity (Wildman–Crippen MR) is 71.2 cm³/mol. The van der Waals surface area contributed by atoms with Gasteiger partial charge in [-0.05, 0) is 55.7 Å². The maximum absolute atomic E-state index is 2.26. The van der Waals surface area contributed by atoms with Crippen LogP contribution in [0.15, 0.2) is 52.3 Å². The summed E-state index contributed by atoms with van der Waals surface area (Å²) in [5.41, 5.74) is 4.10. The predicted octanol–water partition coefficient (Wildman–Crippen LogP) is 4.76. The minimum atomic E-state index is 1.30. The first kappa shape index (κ1) is 11.3. The molecule has 16 heavy (non-hydrogen) atoms. The molecule has 0 N–H and O–H groups in total. The number of aryl methyl sites for hydroxylation is 2. The van der Waals surface area contributed by atoms with Gasteiger partial charge in [-0.2, -0.15) is 0 Å². The van der Waals surface area contributed by atoms with Crippen LogP contribution in [-0.4, -0.2) is 0 Å². The molecule has 0 radical (unpaired) electrons. The second-order valence-corrected chi connectivity index (χ2v) is 5.24. The Bertz CT molecular complexity index is 486. The van der Waals surface area contributed by atoms with E-state index in [1.165, 1.54) is 26.5 Å². The summed E-state index contributed by atoms with van der Waals surface area (Å²) in [4.78, 5) is 2.67. The molecule has 82 valence electrons. The highest BCUT2D eigenvalue weighted by molar-refractivity contribution is 7.99. The zero-order valence-corrected chi connectivity index (χ0v) is 10.8. The van der Waals surface area contributed by atoms with Crippen molar-refractivity contribution in [2.75, 3.05) is 0 Å². The van der Waals surface area contributed by atoms with E-state index in [0.717, 1.165) is 0 Å². The first-order valence-electron chi connectivity index (χ1n) is 5.47. The van der Waals surface area contributed by atoms with Gasteiger partial charge in [0.2, 0.25) is 0 Å². The molecular formula is C15H16S. The second kappa shape index (κ2) is 4.75. The van der Waals surface area contributed by atoms with Gasteiger partial charge in [0.15, 0.2) is 0 Å². The number of benzene rings is 2. The van der Waals surface area contributed by atoms with Crippen LogP contribution in [0.5, 0.6) is 0 Å². The third-order valence-electron chi connectivity index (χ3n) is 2.74. The van der Waals surface area contributed by atoms with Crippen molar-refractivity contribution in [3.63, 3.8) is 0 Å². The van der Waals surface area contributed by atoms with Gasteiger partial charge in [-0.1, -0.05) is 36.0 Å². The van der Waals surface area contributed by atoms with Crippen LogP contribution in [-0.2, 0) is 0 Å². The van der Waals surface area contributed by atoms with E-state index in [1.54, 1.807) is 0 Å². The van der Waals surface area contributed by atoms with Crippen LogP contribution in [0.2, 0.25) is 0 Å². The molecule has 0 saturated heterocycles. The van der Waals surface area contributed by atoms with Crippen molar-refractivity contribution in [1.82, 2.24) is 0 Å². The van der Waals surface area contributed by atoms with Gasteiger partial charge in [0.25, 0.3) is 0 Å². The van der Waals surface area contributed by atoms with Crippen LogP contribution < -0.4 is 0 Å². The SMILES string of the molecule is Cc1cc(C)c(C)c(Sc2ccccc2)c1. The standard InChI is InChI=1S/C15H16S/c1-11-9-12(2)13(3)15(10-11)16-14-7-5-4-6-8-14/h4-10H,1-3H3. The lowest BCUT2D eigenvalue weighted by molar-refractivity contribution is 1.19. The van der Waals surface area contributed by atoms with Crippen LogP contribution in [0.3, 0.4) is 0 Å². The Hall–Kier alpha value is -1.21. The third-order valence-corrected chi connectivity index (χ3v) is 3.89. The zero-order chi connectivity index (χ0) is 11.5. The van der Waals surface area contributed by atoms with E-state index in [2.05, 4.69) is 63.2 Å². The Balaban J connectivity index is 2.35. The molecule has 0 unspecified atom stereocenters. The number of hydrogen-bond acceptors (Lipinski definition) is 1. The van der Waals surface area contributed by atoms with Crippen LogP contribution >= 0.6 is 11.8 Å². The Morgan fingerprint density at radius 3 is 2.25 bits per heavy atom. The topological polar surface area (TPSA) is 0 Å². The molecule has 0 spiro atoms. The summed E-state index contributed by atoms with van der Waals surface area (Å²) in [6, 6.07) is 15.0. The number of hydrogen-bond donors (Lipinski definition) is 0. The van der Waals surface area contributed by atoms with Crippen molar-refractivity contribution in [3.05, 3.63) is 59.2 Å². The largest absolute Gasteiger partial charge is 0.0898 e. The molecule has 0 aliphatic heterocycles. The zero-order valence-electron chi connectivity index (χ0n) is 9.95. The fraction of sp³-hybridized carbons (Fsp3) is 0.200. The minimum Gasteiger partial charge on any atom is -0.0898 e. The smallest absolute Gasteiger partial charge is 0.0156 e. The highest BCUT2D eigenvalue weighted by Crippen LogP contribution is 2.32. The summed E-state index contributed by atoms with van der Waals surface area (Å²) in [5, 5.41) is 0. The monoisotopic (exact) mass is 228 g/mol. The fourth-order valence-corrected chi connectivity index (χ4v) is 2.83. The lowest BCUT2D eigenvalue weighted by Crippen LogP contribution is -1.87. The molecule has 0 heterocycles. The Morgan fingerprint density at radius 1 is 0.875 bits per heavy atom. The normalized spacial score (nSPS) is 10.4. The fourth-order valence-electron chi connectivity index (χ4n) is 1.72. The van der Waals surface area contributed by atoms with Crippen molar-refractivity contribution >= 4 is 11.8 Å². The Labute approximate surface area is 102 Å². The lowest BCUT2D eigenvalue weighted by atomic mass is 10.1. The molecule has 0 bridgehead atoms. The minimum absolute atomic E-state index is 1.30. The van der Waals surface area contributed by atoms with Gasteiger partial charge >= 0.3 is 0 Å². The van der Waals surface area contributed by atoms with Crippen LogP contribution in [0.25, 0.3) is 0 Å². The van der Waals surface area contributed by atoms with Gasteiger partial charge < -0.3 is 0 Å². The average Bonchev–Trinajstić information content (AvgIpc) is 2.27. The maximum atomic E-state index is 2.26. The van der Waals surface area contributed by atoms with E-state index in [0.29, 0.717) is 0 Å². The van der Waals surface area contributed by atoms with E-state index in [9.17, 15) is 0 Å². The molecule has 0 fully saturated rings. The van der Waals surface area contributed by atoms with E-state index >= 15 is 0 Å². The maximum Gasteiger partial charge on any atom is 0.0156 e. The highest BCUT2D eigenvalue weighted by Gasteiger charge is 2.04. The van der Waals surface area contributed by atoms with Crippen molar-refractivity contribution in [1.29, 1.82) is 0 Å². The number of rotatable bonds is 2. The molecule has 0 aliphatic rings. The summed E-state index contributed by atoms with van der Waals surface area (Å²) in [6.07, 6.45) is 0. The first-order chi connectivity index (χ1) is 7.66. The summed E-state index contributed by atoms with van der Waals surface area (Å²) in [6.45, 7) is 6.53.